The third kappa shape index (κ3) is 4.59. The number of hydrogen-bond acceptors (Lipinski definition) is 4. The van der Waals surface area contributed by atoms with Crippen LogP contribution in [-0.2, 0) is 38.3 Å². The minimum Gasteiger partial charge on any atom is -0.341 e. The van der Waals surface area contributed by atoms with Crippen LogP contribution in [0.5, 0.6) is 0 Å². The zero-order chi connectivity index (χ0) is 28.1. The molecule has 206 valence electrons. The molecule has 6 rings (SSSR count). The van der Waals surface area contributed by atoms with E-state index >= 15 is 0 Å². The first kappa shape index (κ1) is 26.0. The zero-order valence-corrected chi connectivity index (χ0v) is 22.8. The molecule has 0 radical (unpaired) electrons. The minimum absolute atomic E-state index is 0.00683. The maximum atomic E-state index is 14.5. The summed E-state index contributed by atoms with van der Waals surface area (Å²) in [7, 11) is 3.49. The Morgan fingerprint density at radius 3 is 2.48 bits per heavy atom. The molecular weight excluding hydrogens is 512 g/mol. The van der Waals surface area contributed by atoms with Gasteiger partial charge in [0.2, 0.25) is 5.91 Å². The lowest BCUT2D eigenvalue weighted by Crippen LogP contribution is -2.36. The summed E-state index contributed by atoms with van der Waals surface area (Å²) in [6.45, 7) is 3.30. The Morgan fingerprint density at radius 2 is 1.77 bits per heavy atom. The number of rotatable bonds is 4. The first-order valence-corrected chi connectivity index (χ1v) is 13.5. The third-order valence-electron chi connectivity index (χ3n) is 8.11. The van der Waals surface area contributed by atoms with Crippen molar-refractivity contribution in [2.24, 2.45) is 14.1 Å². The molecule has 4 heterocycles. The second-order valence-electron chi connectivity index (χ2n) is 10.7. The Kier molecular flexibility index (Phi) is 6.52. The lowest BCUT2D eigenvalue weighted by Gasteiger charge is -2.37. The number of aryl methyl sites for hydroxylation is 3. The van der Waals surface area contributed by atoms with Crippen molar-refractivity contribution in [1.82, 2.24) is 19.2 Å². The second kappa shape index (κ2) is 10.0. The lowest BCUT2D eigenvalue weighted by molar-refractivity contribution is -0.129. The summed E-state index contributed by atoms with van der Waals surface area (Å²) in [5.41, 5.74) is 7.54. The van der Waals surface area contributed by atoms with Gasteiger partial charge in [-0.25, -0.2) is 8.78 Å². The van der Waals surface area contributed by atoms with Crippen molar-refractivity contribution in [1.29, 1.82) is 0 Å². The highest BCUT2D eigenvalue weighted by atomic mass is 19.3. The van der Waals surface area contributed by atoms with E-state index in [2.05, 4.69) is 16.1 Å². The number of benzene rings is 2. The highest BCUT2D eigenvalue weighted by Gasteiger charge is 2.29. The molecule has 7 nitrogen and oxygen atoms in total. The first-order chi connectivity index (χ1) is 19.2. The molecule has 0 saturated carbocycles. The van der Waals surface area contributed by atoms with Crippen LogP contribution in [-0.4, -0.2) is 38.2 Å². The SMILES string of the molecule is CC(=O)N1CCc2cc(-c3ccn(C)c(=O)c3)cc(N3CCCc4cc(-c5cnn(C)c5)c(C(F)F)cc43)c2C1. The van der Waals surface area contributed by atoms with Gasteiger partial charge >= 0.3 is 0 Å². The van der Waals surface area contributed by atoms with Crippen molar-refractivity contribution in [2.45, 2.75) is 39.2 Å². The Hall–Kier alpha value is -4.27. The van der Waals surface area contributed by atoms with E-state index in [4.69, 9.17) is 0 Å². The van der Waals surface area contributed by atoms with Crippen molar-refractivity contribution in [2.75, 3.05) is 18.0 Å². The van der Waals surface area contributed by atoms with Gasteiger partial charge in [0, 0.05) is 81.6 Å². The molecule has 2 aromatic carbocycles. The van der Waals surface area contributed by atoms with Gasteiger partial charge in [-0.2, -0.15) is 5.10 Å². The van der Waals surface area contributed by atoms with Gasteiger partial charge in [0.1, 0.15) is 0 Å². The highest BCUT2D eigenvalue weighted by Crippen LogP contribution is 2.44. The molecule has 9 heteroatoms. The average molecular weight is 544 g/mol. The third-order valence-corrected chi connectivity index (χ3v) is 8.11. The van der Waals surface area contributed by atoms with Gasteiger partial charge < -0.3 is 14.4 Å². The van der Waals surface area contributed by atoms with Crippen molar-refractivity contribution >= 4 is 17.3 Å². The van der Waals surface area contributed by atoms with Crippen molar-refractivity contribution < 1.29 is 13.6 Å². The van der Waals surface area contributed by atoms with E-state index in [9.17, 15) is 18.4 Å². The van der Waals surface area contributed by atoms with E-state index < -0.39 is 6.43 Å². The van der Waals surface area contributed by atoms with E-state index in [1.54, 1.807) is 56.4 Å². The number of nitrogens with zero attached hydrogens (tertiary/aromatic N) is 5. The van der Waals surface area contributed by atoms with Gasteiger partial charge in [-0.15, -0.1) is 0 Å². The van der Waals surface area contributed by atoms with Gasteiger partial charge in [0.25, 0.3) is 12.0 Å². The smallest absolute Gasteiger partial charge is 0.264 e. The van der Waals surface area contributed by atoms with Crippen LogP contribution < -0.4 is 10.5 Å². The predicted molar refractivity (Wildman–Crippen MR) is 151 cm³/mol. The fourth-order valence-electron chi connectivity index (χ4n) is 5.94. The Morgan fingerprint density at radius 1 is 0.950 bits per heavy atom. The number of carbonyl (C=O) groups excluding carboxylic acids is 1. The van der Waals surface area contributed by atoms with E-state index in [1.807, 2.05) is 23.1 Å². The standard InChI is InChI=1S/C31H31F2N5O2/c1-19(39)37-10-7-21-11-23(20-6-9-35(2)30(40)14-20)13-29(27(21)18-37)38-8-4-5-22-12-25(24-16-34-36(3)17-24)26(31(32)33)15-28(22)38/h6,9,11-17,31H,4-5,7-8,10,18H2,1-3H3. The fraction of sp³-hybridized carbons (Fsp3) is 0.323. The van der Waals surface area contributed by atoms with Crippen molar-refractivity contribution in [3.05, 3.63) is 87.6 Å². The van der Waals surface area contributed by atoms with Crippen LogP contribution in [0, 0.1) is 0 Å². The quantitative estimate of drug-likeness (QED) is 0.347. The maximum Gasteiger partial charge on any atom is 0.264 e. The van der Waals surface area contributed by atoms with Crippen LogP contribution in [0.4, 0.5) is 20.2 Å². The average Bonchev–Trinajstić information content (AvgIpc) is 3.38. The van der Waals surface area contributed by atoms with Crippen LogP contribution in [0.3, 0.4) is 0 Å². The molecule has 0 spiro atoms. The fourth-order valence-corrected chi connectivity index (χ4v) is 5.94. The number of amides is 1. The number of carbonyl (C=O) groups is 1. The molecule has 0 unspecified atom stereocenters. The Labute approximate surface area is 231 Å². The van der Waals surface area contributed by atoms with Crippen LogP contribution in [0.25, 0.3) is 22.3 Å². The monoisotopic (exact) mass is 543 g/mol. The molecule has 0 N–H and O–H groups in total. The molecule has 2 aliphatic rings. The van der Waals surface area contributed by atoms with E-state index in [1.165, 1.54) is 4.57 Å². The van der Waals surface area contributed by atoms with Gasteiger partial charge in [-0.1, -0.05) is 6.07 Å². The Bertz CT molecular complexity index is 1690. The minimum atomic E-state index is -2.65. The molecule has 0 saturated heterocycles. The van der Waals surface area contributed by atoms with Gasteiger partial charge in [-0.3, -0.25) is 14.3 Å². The second-order valence-corrected chi connectivity index (χ2v) is 10.7. The number of aromatic nitrogens is 3. The van der Waals surface area contributed by atoms with Gasteiger partial charge in [0.15, 0.2) is 0 Å². The molecule has 40 heavy (non-hydrogen) atoms. The Balaban J connectivity index is 1.54. The molecule has 2 aliphatic heterocycles. The summed E-state index contributed by atoms with van der Waals surface area (Å²) in [4.78, 5) is 28.7. The van der Waals surface area contributed by atoms with Crippen LogP contribution in [0.1, 0.15) is 42.0 Å². The largest absolute Gasteiger partial charge is 0.341 e. The first-order valence-electron chi connectivity index (χ1n) is 13.5. The van der Waals surface area contributed by atoms with Crippen LogP contribution in [0.2, 0.25) is 0 Å². The number of hydrogen-bond donors (Lipinski definition) is 0. The number of anilines is 2. The van der Waals surface area contributed by atoms with Crippen LogP contribution in [0.15, 0.2) is 59.8 Å². The summed E-state index contributed by atoms with van der Waals surface area (Å²) >= 11 is 0. The molecule has 0 atom stereocenters. The summed E-state index contributed by atoms with van der Waals surface area (Å²) < 4.78 is 32.1. The predicted octanol–water partition coefficient (Wildman–Crippen LogP) is 5.38. The number of alkyl halides is 2. The molecular formula is C31H31F2N5O2. The summed E-state index contributed by atoms with van der Waals surface area (Å²) in [5.74, 6) is 0.00683. The van der Waals surface area contributed by atoms with E-state index in [-0.39, 0.29) is 17.0 Å². The van der Waals surface area contributed by atoms with Gasteiger partial charge in [0.05, 0.1) is 6.20 Å². The zero-order valence-electron chi connectivity index (χ0n) is 22.8. The molecule has 0 bridgehead atoms. The summed E-state index contributed by atoms with van der Waals surface area (Å²) in [6.07, 6.45) is 4.79. The van der Waals surface area contributed by atoms with Crippen molar-refractivity contribution in [3.8, 4) is 22.3 Å². The summed E-state index contributed by atoms with van der Waals surface area (Å²) in [6, 6.07) is 11.2. The van der Waals surface area contributed by atoms with Crippen LogP contribution >= 0.6 is 0 Å². The normalized spacial score (nSPS) is 14.8. The topological polar surface area (TPSA) is 63.4 Å². The van der Waals surface area contributed by atoms with E-state index in [0.29, 0.717) is 37.2 Å². The van der Waals surface area contributed by atoms with Gasteiger partial charge in [-0.05, 0) is 76.9 Å². The number of halogens is 2. The van der Waals surface area contributed by atoms with E-state index in [0.717, 1.165) is 52.0 Å². The highest BCUT2D eigenvalue weighted by molar-refractivity contribution is 5.82. The molecule has 2 aromatic heterocycles. The number of pyridine rings is 1. The maximum absolute atomic E-state index is 14.5. The molecule has 0 aliphatic carbocycles. The molecule has 4 aromatic rings. The lowest BCUT2D eigenvalue weighted by atomic mass is 9.89. The molecule has 0 fully saturated rings. The molecule has 1 amide bonds. The summed E-state index contributed by atoms with van der Waals surface area (Å²) in [5, 5.41) is 4.19. The van der Waals surface area contributed by atoms with Crippen molar-refractivity contribution in [3.63, 3.8) is 0 Å². The number of fused-ring (bicyclic) bond motifs is 2.